The first-order valence-corrected chi connectivity index (χ1v) is 5.22. The Hall–Kier alpha value is -0.930. The van der Waals surface area contributed by atoms with E-state index in [1.54, 1.807) is 0 Å². The molecule has 1 aromatic rings. The Morgan fingerprint density at radius 3 is 2.86 bits per heavy atom. The third-order valence-electron chi connectivity index (χ3n) is 2.35. The summed E-state index contributed by atoms with van der Waals surface area (Å²) >= 11 is 0. The fourth-order valence-corrected chi connectivity index (χ4v) is 1.53. The number of nitrogens with two attached hydrogens (primary N) is 1. The van der Waals surface area contributed by atoms with Crippen LogP contribution in [0.1, 0.15) is 31.9 Å². The van der Waals surface area contributed by atoms with Crippen LogP contribution in [0.5, 0.6) is 0 Å². The average molecular weight is 193 g/mol. The molecule has 0 saturated carbocycles. The van der Waals surface area contributed by atoms with E-state index in [9.17, 15) is 0 Å². The minimum absolute atomic E-state index is 0.419. The van der Waals surface area contributed by atoms with Gasteiger partial charge in [-0.2, -0.15) is 0 Å². The first-order valence-electron chi connectivity index (χ1n) is 5.22. The SMILES string of the molecule is CCCC(CCc1ccccn1)NN. The van der Waals surface area contributed by atoms with Gasteiger partial charge in [-0.05, 0) is 31.4 Å². The molecule has 1 atom stereocenters. The zero-order valence-electron chi connectivity index (χ0n) is 8.74. The Labute approximate surface area is 85.7 Å². The van der Waals surface area contributed by atoms with Gasteiger partial charge in [-0.15, -0.1) is 0 Å². The van der Waals surface area contributed by atoms with Crippen LogP contribution in [0.25, 0.3) is 0 Å². The molecule has 3 N–H and O–H groups in total. The second kappa shape index (κ2) is 6.51. The van der Waals surface area contributed by atoms with E-state index in [-0.39, 0.29) is 0 Å². The number of nitrogens with one attached hydrogen (secondary N) is 1. The van der Waals surface area contributed by atoms with E-state index in [4.69, 9.17) is 5.84 Å². The van der Waals surface area contributed by atoms with Crippen molar-refractivity contribution in [2.75, 3.05) is 0 Å². The summed E-state index contributed by atoms with van der Waals surface area (Å²) in [6, 6.07) is 6.43. The third kappa shape index (κ3) is 3.85. The lowest BCUT2D eigenvalue weighted by Crippen LogP contribution is -2.35. The smallest absolute Gasteiger partial charge is 0.0404 e. The van der Waals surface area contributed by atoms with Crippen molar-refractivity contribution in [1.29, 1.82) is 0 Å². The van der Waals surface area contributed by atoms with Gasteiger partial charge < -0.3 is 0 Å². The summed E-state index contributed by atoms with van der Waals surface area (Å²) in [4.78, 5) is 4.28. The number of rotatable bonds is 6. The molecule has 0 amide bonds. The lowest BCUT2D eigenvalue weighted by atomic mass is 10.1. The van der Waals surface area contributed by atoms with Crippen LogP contribution in [0.15, 0.2) is 24.4 Å². The molecular weight excluding hydrogens is 174 g/mol. The number of hydrogen-bond donors (Lipinski definition) is 2. The largest absolute Gasteiger partial charge is 0.271 e. The number of aromatic nitrogens is 1. The highest BCUT2D eigenvalue weighted by Gasteiger charge is 2.05. The highest BCUT2D eigenvalue weighted by molar-refractivity contribution is 5.03. The van der Waals surface area contributed by atoms with Gasteiger partial charge in [0.25, 0.3) is 0 Å². The number of hydrazine groups is 1. The number of nitrogens with zero attached hydrogens (tertiary/aromatic N) is 1. The topological polar surface area (TPSA) is 50.9 Å². The van der Waals surface area contributed by atoms with Crippen LogP contribution in [0, 0.1) is 0 Å². The molecular formula is C11H19N3. The van der Waals surface area contributed by atoms with Crippen LogP contribution in [-0.4, -0.2) is 11.0 Å². The molecule has 1 unspecified atom stereocenters. The van der Waals surface area contributed by atoms with E-state index in [0.717, 1.165) is 31.4 Å². The molecule has 0 saturated heterocycles. The number of aryl methyl sites for hydroxylation is 1. The van der Waals surface area contributed by atoms with Gasteiger partial charge in [0.05, 0.1) is 0 Å². The Bertz CT molecular complexity index is 236. The monoisotopic (exact) mass is 193 g/mol. The highest BCUT2D eigenvalue weighted by atomic mass is 15.2. The van der Waals surface area contributed by atoms with E-state index < -0.39 is 0 Å². The molecule has 1 heterocycles. The maximum Gasteiger partial charge on any atom is 0.0404 e. The van der Waals surface area contributed by atoms with Crippen molar-refractivity contribution < 1.29 is 0 Å². The standard InChI is InChI=1S/C11H19N3/c1-2-5-11(14-12)8-7-10-6-3-4-9-13-10/h3-4,6,9,11,14H,2,5,7-8,12H2,1H3. The molecule has 0 aliphatic heterocycles. The van der Waals surface area contributed by atoms with Gasteiger partial charge in [0.1, 0.15) is 0 Å². The fourth-order valence-electron chi connectivity index (χ4n) is 1.53. The van der Waals surface area contributed by atoms with Gasteiger partial charge in [-0.25, -0.2) is 0 Å². The van der Waals surface area contributed by atoms with Crippen molar-refractivity contribution in [2.45, 2.75) is 38.6 Å². The Morgan fingerprint density at radius 1 is 1.43 bits per heavy atom. The summed E-state index contributed by atoms with van der Waals surface area (Å²) in [6.07, 6.45) is 6.18. The van der Waals surface area contributed by atoms with Crippen LogP contribution in [-0.2, 0) is 6.42 Å². The highest BCUT2D eigenvalue weighted by Crippen LogP contribution is 2.05. The van der Waals surface area contributed by atoms with Crippen molar-refractivity contribution in [3.8, 4) is 0 Å². The second-order valence-corrected chi connectivity index (χ2v) is 3.51. The van der Waals surface area contributed by atoms with Crippen molar-refractivity contribution in [2.24, 2.45) is 5.84 Å². The molecule has 0 aliphatic rings. The Morgan fingerprint density at radius 2 is 2.29 bits per heavy atom. The summed E-state index contributed by atoms with van der Waals surface area (Å²) in [5, 5.41) is 0. The van der Waals surface area contributed by atoms with Gasteiger partial charge in [-0.1, -0.05) is 19.4 Å². The minimum atomic E-state index is 0.419. The molecule has 3 heteroatoms. The molecule has 0 bridgehead atoms. The van der Waals surface area contributed by atoms with E-state index in [1.165, 1.54) is 0 Å². The molecule has 14 heavy (non-hydrogen) atoms. The molecule has 0 radical (unpaired) electrons. The van der Waals surface area contributed by atoms with Gasteiger partial charge >= 0.3 is 0 Å². The molecule has 0 aliphatic carbocycles. The van der Waals surface area contributed by atoms with E-state index in [1.807, 2.05) is 18.3 Å². The molecule has 0 fully saturated rings. The van der Waals surface area contributed by atoms with Gasteiger partial charge in [0, 0.05) is 17.9 Å². The summed E-state index contributed by atoms with van der Waals surface area (Å²) in [7, 11) is 0. The lowest BCUT2D eigenvalue weighted by molar-refractivity contribution is 0.458. The van der Waals surface area contributed by atoms with Crippen molar-refractivity contribution in [1.82, 2.24) is 10.4 Å². The summed E-state index contributed by atoms with van der Waals surface area (Å²) in [6.45, 7) is 2.17. The van der Waals surface area contributed by atoms with Crippen molar-refractivity contribution in [3.63, 3.8) is 0 Å². The Balaban J connectivity index is 2.32. The van der Waals surface area contributed by atoms with E-state index in [0.29, 0.717) is 6.04 Å². The Kier molecular flexibility index (Phi) is 5.19. The molecule has 0 aromatic carbocycles. The molecule has 1 rings (SSSR count). The number of pyridine rings is 1. The predicted octanol–water partition coefficient (Wildman–Crippen LogP) is 1.65. The predicted molar refractivity (Wildman–Crippen MR) is 58.6 cm³/mol. The second-order valence-electron chi connectivity index (χ2n) is 3.51. The van der Waals surface area contributed by atoms with Crippen LogP contribution in [0.2, 0.25) is 0 Å². The molecule has 3 nitrogen and oxygen atoms in total. The van der Waals surface area contributed by atoms with Gasteiger partial charge in [-0.3, -0.25) is 16.3 Å². The zero-order valence-corrected chi connectivity index (χ0v) is 8.74. The summed E-state index contributed by atoms with van der Waals surface area (Å²) < 4.78 is 0. The maximum absolute atomic E-state index is 5.45. The normalized spacial score (nSPS) is 12.7. The van der Waals surface area contributed by atoms with E-state index >= 15 is 0 Å². The summed E-state index contributed by atoms with van der Waals surface area (Å²) in [5.41, 5.74) is 3.99. The first kappa shape index (κ1) is 11.1. The third-order valence-corrected chi connectivity index (χ3v) is 2.35. The molecule has 78 valence electrons. The van der Waals surface area contributed by atoms with Crippen molar-refractivity contribution >= 4 is 0 Å². The van der Waals surface area contributed by atoms with Crippen LogP contribution in [0.3, 0.4) is 0 Å². The fraction of sp³-hybridized carbons (Fsp3) is 0.545. The van der Waals surface area contributed by atoms with Crippen molar-refractivity contribution in [3.05, 3.63) is 30.1 Å². The molecule has 1 aromatic heterocycles. The number of hydrogen-bond acceptors (Lipinski definition) is 3. The van der Waals surface area contributed by atoms with Gasteiger partial charge in [0.2, 0.25) is 0 Å². The first-order chi connectivity index (χ1) is 6.86. The van der Waals surface area contributed by atoms with E-state index in [2.05, 4.69) is 23.4 Å². The van der Waals surface area contributed by atoms with Crippen LogP contribution >= 0.6 is 0 Å². The van der Waals surface area contributed by atoms with Crippen LogP contribution < -0.4 is 11.3 Å². The maximum atomic E-state index is 5.45. The molecule has 0 spiro atoms. The average Bonchev–Trinajstić information content (AvgIpc) is 2.25. The lowest BCUT2D eigenvalue weighted by Gasteiger charge is -2.13. The minimum Gasteiger partial charge on any atom is -0.271 e. The van der Waals surface area contributed by atoms with Gasteiger partial charge in [0.15, 0.2) is 0 Å². The van der Waals surface area contributed by atoms with Crippen LogP contribution in [0.4, 0.5) is 0 Å². The zero-order chi connectivity index (χ0) is 10.2. The quantitative estimate of drug-likeness (QED) is 0.533. The summed E-state index contributed by atoms with van der Waals surface area (Å²) in [5.74, 6) is 5.45.